The van der Waals surface area contributed by atoms with Crippen LogP contribution in [0.15, 0.2) is 18.2 Å². The molecule has 1 aliphatic rings. The third kappa shape index (κ3) is 4.24. The van der Waals surface area contributed by atoms with E-state index in [9.17, 15) is 4.79 Å². The van der Waals surface area contributed by atoms with Crippen molar-refractivity contribution in [1.29, 1.82) is 0 Å². The normalized spacial score (nSPS) is 20.3. The van der Waals surface area contributed by atoms with Gasteiger partial charge in [-0.2, -0.15) is 0 Å². The number of carbonyl (C=O) groups is 1. The van der Waals surface area contributed by atoms with Crippen LogP contribution < -0.4 is 5.73 Å². The smallest absolute Gasteiger partial charge is 0.410 e. The van der Waals surface area contributed by atoms with Crippen LogP contribution in [0.3, 0.4) is 0 Å². The van der Waals surface area contributed by atoms with E-state index in [0.717, 1.165) is 11.1 Å². The third-order valence-electron chi connectivity index (χ3n) is 4.21. The number of nitrogens with two attached hydrogens (primary N) is 1. The minimum Gasteiger partial charge on any atom is -0.444 e. The summed E-state index contributed by atoms with van der Waals surface area (Å²) < 4.78 is 11.1. The van der Waals surface area contributed by atoms with Crippen LogP contribution in [0.5, 0.6) is 0 Å². The molecule has 1 amide bonds. The van der Waals surface area contributed by atoms with Crippen LogP contribution in [0.4, 0.5) is 4.79 Å². The summed E-state index contributed by atoms with van der Waals surface area (Å²) in [5.74, 6) is 0. The van der Waals surface area contributed by atoms with E-state index in [1.807, 2.05) is 32.9 Å². The minimum absolute atomic E-state index is 0.223. The quantitative estimate of drug-likeness (QED) is 0.910. The number of rotatable bonds is 2. The topological polar surface area (TPSA) is 64.8 Å². The second-order valence-corrected chi connectivity index (χ2v) is 7.13. The molecule has 128 valence electrons. The summed E-state index contributed by atoms with van der Waals surface area (Å²) in [5.41, 5.74) is 9.38. The van der Waals surface area contributed by atoms with Crippen molar-refractivity contribution in [3.63, 3.8) is 0 Å². The van der Waals surface area contributed by atoms with Crippen molar-refractivity contribution in [2.24, 2.45) is 5.73 Å². The maximum atomic E-state index is 12.5. The standard InChI is InChI=1S/C18H28N2O3/c1-12-7-6-8-14(13(12)2)16(19)15-11-22-10-9-20(15)17(21)23-18(3,4)5/h6-8,15-16H,9-11,19H2,1-5H3. The number of hydrogen-bond donors (Lipinski definition) is 1. The molecule has 2 N–H and O–H groups in total. The van der Waals surface area contributed by atoms with Gasteiger partial charge in [-0.15, -0.1) is 0 Å². The molecule has 1 saturated heterocycles. The van der Waals surface area contributed by atoms with Crippen molar-refractivity contribution in [1.82, 2.24) is 4.90 Å². The van der Waals surface area contributed by atoms with Gasteiger partial charge in [0.15, 0.2) is 0 Å². The minimum atomic E-state index is -0.525. The maximum absolute atomic E-state index is 12.5. The molecule has 0 saturated carbocycles. The van der Waals surface area contributed by atoms with E-state index < -0.39 is 5.60 Å². The Labute approximate surface area is 138 Å². The SMILES string of the molecule is Cc1cccc(C(N)C2COCCN2C(=O)OC(C)(C)C)c1C. The average molecular weight is 320 g/mol. The van der Waals surface area contributed by atoms with Gasteiger partial charge in [0.2, 0.25) is 0 Å². The molecule has 0 spiro atoms. The molecule has 2 atom stereocenters. The van der Waals surface area contributed by atoms with Gasteiger partial charge in [-0.1, -0.05) is 18.2 Å². The molecular weight excluding hydrogens is 292 g/mol. The number of hydrogen-bond acceptors (Lipinski definition) is 4. The van der Waals surface area contributed by atoms with Gasteiger partial charge < -0.3 is 15.2 Å². The highest BCUT2D eigenvalue weighted by molar-refractivity contribution is 5.69. The van der Waals surface area contributed by atoms with Crippen molar-refractivity contribution in [3.05, 3.63) is 34.9 Å². The van der Waals surface area contributed by atoms with Crippen LogP contribution >= 0.6 is 0 Å². The van der Waals surface area contributed by atoms with Gasteiger partial charge in [0.05, 0.1) is 25.3 Å². The molecule has 1 aliphatic heterocycles. The molecule has 0 bridgehead atoms. The summed E-state index contributed by atoms with van der Waals surface area (Å²) in [5, 5.41) is 0. The molecule has 1 heterocycles. The fourth-order valence-electron chi connectivity index (χ4n) is 2.81. The first kappa shape index (κ1) is 17.8. The summed E-state index contributed by atoms with van der Waals surface area (Å²) in [6.07, 6.45) is -0.327. The van der Waals surface area contributed by atoms with Gasteiger partial charge >= 0.3 is 6.09 Å². The van der Waals surface area contributed by atoms with Gasteiger partial charge in [-0.3, -0.25) is 4.90 Å². The van der Waals surface area contributed by atoms with Crippen LogP contribution in [-0.4, -0.2) is 42.4 Å². The zero-order chi connectivity index (χ0) is 17.2. The van der Waals surface area contributed by atoms with E-state index in [0.29, 0.717) is 19.8 Å². The van der Waals surface area contributed by atoms with Gasteiger partial charge in [-0.05, 0) is 51.3 Å². The van der Waals surface area contributed by atoms with Crippen LogP contribution in [0.25, 0.3) is 0 Å². The predicted octanol–water partition coefficient (Wildman–Crippen LogP) is 2.94. The fourth-order valence-corrected chi connectivity index (χ4v) is 2.81. The molecular formula is C18H28N2O3. The number of nitrogens with zero attached hydrogens (tertiary/aromatic N) is 1. The highest BCUT2D eigenvalue weighted by Crippen LogP contribution is 2.27. The summed E-state index contributed by atoms with van der Waals surface area (Å²) in [6, 6.07) is 5.56. The molecule has 1 fully saturated rings. The zero-order valence-corrected chi connectivity index (χ0v) is 14.8. The van der Waals surface area contributed by atoms with Crippen molar-refractivity contribution in [2.45, 2.75) is 52.3 Å². The van der Waals surface area contributed by atoms with E-state index in [4.69, 9.17) is 15.2 Å². The Kier molecular flexibility index (Phi) is 5.32. The first-order chi connectivity index (χ1) is 10.7. The third-order valence-corrected chi connectivity index (χ3v) is 4.21. The van der Waals surface area contributed by atoms with Crippen molar-refractivity contribution >= 4 is 6.09 Å². The van der Waals surface area contributed by atoms with Crippen LogP contribution in [0.1, 0.15) is 43.5 Å². The summed E-state index contributed by atoms with van der Waals surface area (Å²) in [4.78, 5) is 14.2. The molecule has 2 rings (SSSR count). The number of benzene rings is 1. The molecule has 1 aromatic rings. The highest BCUT2D eigenvalue weighted by Gasteiger charge is 2.35. The second-order valence-electron chi connectivity index (χ2n) is 7.13. The first-order valence-electron chi connectivity index (χ1n) is 8.10. The lowest BCUT2D eigenvalue weighted by molar-refractivity contribution is -0.0382. The molecule has 0 radical (unpaired) electrons. The first-order valence-corrected chi connectivity index (χ1v) is 8.10. The maximum Gasteiger partial charge on any atom is 0.410 e. The van der Waals surface area contributed by atoms with Crippen LogP contribution in [0.2, 0.25) is 0 Å². The number of amides is 1. The average Bonchev–Trinajstić information content (AvgIpc) is 2.47. The Morgan fingerprint density at radius 1 is 1.39 bits per heavy atom. The Morgan fingerprint density at radius 2 is 2.09 bits per heavy atom. The largest absolute Gasteiger partial charge is 0.444 e. The lowest BCUT2D eigenvalue weighted by atomic mass is 9.92. The highest BCUT2D eigenvalue weighted by atomic mass is 16.6. The molecule has 0 aliphatic carbocycles. The Bertz CT molecular complexity index is 566. The molecule has 0 aromatic heterocycles. The van der Waals surface area contributed by atoms with E-state index >= 15 is 0 Å². The summed E-state index contributed by atoms with van der Waals surface area (Å²) in [7, 11) is 0. The Hall–Kier alpha value is -1.59. The van der Waals surface area contributed by atoms with Crippen LogP contribution in [0, 0.1) is 13.8 Å². The van der Waals surface area contributed by atoms with Gasteiger partial charge in [-0.25, -0.2) is 4.79 Å². The van der Waals surface area contributed by atoms with Gasteiger partial charge in [0.1, 0.15) is 5.60 Å². The Morgan fingerprint density at radius 3 is 2.74 bits per heavy atom. The molecule has 2 unspecified atom stereocenters. The molecule has 1 aromatic carbocycles. The predicted molar refractivity (Wildman–Crippen MR) is 90.4 cm³/mol. The van der Waals surface area contributed by atoms with E-state index in [1.54, 1.807) is 4.90 Å². The second kappa shape index (κ2) is 6.89. The van der Waals surface area contributed by atoms with Gasteiger partial charge in [0.25, 0.3) is 0 Å². The van der Waals surface area contributed by atoms with Crippen molar-refractivity contribution in [3.8, 4) is 0 Å². The van der Waals surface area contributed by atoms with Crippen LogP contribution in [-0.2, 0) is 9.47 Å². The van der Waals surface area contributed by atoms with E-state index in [-0.39, 0.29) is 18.2 Å². The molecule has 5 heteroatoms. The van der Waals surface area contributed by atoms with Crippen molar-refractivity contribution < 1.29 is 14.3 Å². The summed E-state index contributed by atoms with van der Waals surface area (Å²) in [6.45, 7) is 11.2. The van der Waals surface area contributed by atoms with Crippen molar-refractivity contribution in [2.75, 3.05) is 19.8 Å². The van der Waals surface area contributed by atoms with E-state index in [2.05, 4.69) is 19.9 Å². The Balaban J connectivity index is 2.23. The number of carbonyl (C=O) groups excluding carboxylic acids is 1. The number of morpholine rings is 1. The van der Waals surface area contributed by atoms with E-state index in [1.165, 1.54) is 5.56 Å². The van der Waals surface area contributed by atoms with Gasteiger partial charge in [0, 0.05) is 6.54 Å². The lowest BCUT2D eigenvalue weighted by Gasteiger charge is -2.39. The molecule has 23 heavy (non-hydrogen) atoms. The molecule has 5 nitrogen and oxygen atoms in total. The zero-order valence-electron chi connectivity index (χ0n) is 14.8. The number of aryl methyl sites for hydroxylation is 1. The lowest BCUT2D eigenvalue weighted by Crippen LogP contribution is -2.54. The fraction of sp³-hybridized carbons (Fsp3) is 0.611. The summed E-state index contributed by atoms with van der Waals surface area (Å²) >= 11 is 0. The number of ether oxygens (including phenoxy) is 2. The monoisotopic (exact) mass is 320 g/mol.